The van der Waals surface area contributed by atoms with Crippen LogP contribution in [-0.4, -0.2) is 37.1 Å². The van der Waals surface area contributed by atoms with Crippen molar-refractivity contribution in [3.05, 3.63) is 53.8 Å². The number of hydrogen-bond acceptors (Lipinski definition) is 6. The second-order valence-electron chi connectivity index (χ2n) is 6.74. The summed E-state index contributed by atoms with van der Waals surface area (Å²) in [6, 6.07) is 11.1. The highest BCUT2D eigenvalue weighted by Crippen LogP contribution is 2.29. The number of benzene rings is 1. The van der Waals surface area contributed by atoms with Gasteiger partial charge in [-0.05, 0) is 51.1 Å². The molecule has 27 heavy (non-hydrogen) atoms. The Hall–Kier alpha value is -2.38. The molecule has 0 atom stereocenters. The van der Waals surface area contributed by atoms with Crippen molar-refractivity contribution in [1.82, 2.24) is 19.7 Å². The molecule has 2 aromatic heterocycles. The molecule has 3 aromatic rings. The Balaban J connectivity index is 1.95. The molecule has 3 rings (SSSR count). The second kappa shape index (κ2) is 8.10. The van der Waals surface area contributed by atoms with Gasteiger partial charge in [0.15, 0.2) is 11.0 Å². The van der Waals surface area contributed by atoms with Gasteiger partial charge < -0.3 is 4.74 Å². The van der Waals surface area contributed by atoms with E-state index >= 15 is 0 Å². The standard InChI is InChI=1S/C19H19ClN4O2S/c1-19(2,3)26-16(25)12-27-18-23-22-17(13-6-5-9-21-11-13)24(18)15-8-4-7-14(20)10-15/h4-11H,12H2,1-3H3. The van der Waals surface area contributed by atoms with E-state index in [1.807, 2.05) is 55.7 Å². The Morgan fingerprint density at radius 1 is 1.22 bits per heavy atom. The number of thioether (sulfide) groups is 1. The van der Waals surface area contributed by atoms with E-state index in [-0.39, 0.29) is 11.7 Å². The quantitative estimate of drug-likeness (QED) is 0.465. The summed E-state index contributed by atoms with van der Waals surface area (Å²) in [6.07, 6.45) is 3.41. The van der Waals surface area contributed by atoms with Crippen LogP contribution >= 0.6 is 23.4 Å². The molecule has 1 aromatic carbocycles. The Morgan fingerprint density at radius 2 is 2.04 bits per heavy atom. The lowest BCUT2D eigenvalue weighted by atomic mass is 10.2. The highest BCUT2D eigenvalue weighted by atomic mass is 35.5. The van der Waals surface area contributed by atoms with Crippen LogP contribution in [0.25, 0.3) is 17.1 Å². The molecule has 0 saturated heterocycles. The van der Waals surface area contributed by atoms with Gasteiger partial charge in [0.1, 0.15) is 5.60 Å². The van der Waals surface area contributed by atoms with Crippen molar-refractivity contribution in [3.8, 4) is 17.1 Å². The molecule has 0 unspecified atom stereocenters. The molecule has 0 saturated carbocycles. The minimum Gasteiger partial charge on any atom is -0.459 e. The number of hydrogen-bond donors (Lipinski definition) is 0. The number of carbonyl (C=O) groups excluding carboxylic acids is 1. The maximum atomic E-state index is 12.1. The van der Waals surface area contributed by atoms with Crippen LogP contribution in [-0.2, 0) is 9.53 Å². The summed E-state index contributed by atoms with van der Waals surface area (Å²) in [5.74, 6) is 0.441. The highest BCUT2D eigenvalue weighted by molar-refractivity contribution is 7.99. The van der Waals surface area contributed by atoms with Crippen molar-refractivity contribution < 1.29 is 9.53 Å². The summed E-state index contributed by atoms with van der Waals surface area (Å²) >= 11 is 7.43. The van der Waals surface area contributed by atoms with Gasteiger partial charge in [0.2, 0.25) is 0 Å². The lowest BCUT2D eigenvalue weighted by Crippen LogP contribution is -2.25. The van der Waals surface area contributed by atoms with E-state index in [0.29, 0.717) is 16.0 Å². The van der Waals surface area contributed by atoms with Gasteiger partial charge in [-0.2, -0.15) is 0 Å². The van der Waals surface area contributed by atoms with Crippen molar-refractivity contribution in [1.29, 1.82) is 0 Å². The van der Waals surface area contributed by atoms with Gasteiger partial charge in [-0.25, -0.2) is 0 Å². The van der Waals surface area contributed by atoms with Crippen LogP contribution < -0.4 is 0 Å². The van der Waals surface area contributed by atoms with Crippen molar-refractivity contribution in [2.75, 3.05) is 5.75 Å². The van der Waals surface area contributed by atoms with Crippen LogP contribution in [0.5, 0.6) is 0 Å². The third kappa shape index (κ3) is 5.08. The Bertz CT molecular complexity index is 938. The molecule has 0 aliphatic carbocycles. The average molecular weight is 403 g/mol. The maximum Gasteiger partial charge on any atom is 0.316 e. The fourth-order valence-electron chi connectivity index (χ4n) is 2.39. The monoisotopic (exact) mass is 402 g/mol. The molecule has 0 aliphatic rings. The lowest BCUT2D eigenvalue weighted by molar-refractivity contribution is -0.151. The van der Waals surface area contributed by atoms with E-state index in [1.54, 1.807) is 18.5 Å². The van der Waals surface area contributed by atoms with E-state index in [0.717, 1.165) is 11.3 Å². The fourth-order valence-corrected chi connectivity index (χ4v) is 3.30. The largest absolute Gasteiger partial charge is 0.459 e. The van der Waals surface area contributed by atoms with Crippen LogP contribution in [0, 0.1) is 0 Å². The minimum absolute atomic E-state index is 0.128. The molecule has 6 nitrogen and oxygen atoms in total. The normalized spacial score (nSPS) is 11.4. The van der Waals surface area contributed by atoms with Crippen molar-refractivity contribution in [2.24, 2.45) is 0 Å². The second-order valence-corrected chi connectivity index (χ2v) is 8.12. The van der Waals surface area contributed by atoms with E-state index in [1.165, 1.54) is 11.8 Å². The third-order valence-electron chi connectivity index (χ3n) is 3.36. The minimum atomic E-state index is -0.529. The zero-order valence-corrected chi connectivity index (χ0v) is 16.8. The molecule has 0 aliphatic heterocycles. The lowest BCUT2D eigenvalue weighted by Gasteiger charge is -2.19. The van der Waals surface area contributed by atoms with Gasteiger partial charge in [-0.15, -0.1) is 10.2 Å². The van der Waals surface area contributed by atoms with E-state index in [2.05, 4.69) is 15.2 Å². The van der Waals surface area contributed by atoms with Gasteiger partial charge in [0.25, 0.3) is 0 Å². The van der Waals surface area contributed by atoms with Crippen molar-refractivity contribution in [3.63, 3.8) is 0 Å². The van der Waals surface area contributed by atoms with Gasteiger partial charge in [0.05, 0.1) is 11.4 Å². The molecular weight excluding hydrogens is 384 g/mol. The summed E-state index contributed by atoms with van der Waals surface area (Å²) in [5, 5.41) is 9.74. The predicted molar refractivity (Wildman–Crippen MR) is 106 cm³/mol. The molecule has 2 heterocycles. The van der Waals surface area contributed by atoms with Crippen LogP contribution in [0.3, 0.4) is 0 Å². The fraction of sp³-hybridized carbons (Fsp3) is 0.263. The first-order valence-corrected chi connectivity index (χ1v) is 9.66. The van der Waals surface area contributed by atoms with Gasteiger partial charge in [0, 0.05) is 23.0 Å². The van der Waals surface area contributed by atoms with Gasteiger partial charge in [-0.3, -0.25) is 14.3 Å². The number of pyridine rings is 1. The maximum absolute atomic E-state index is 12.1. The Morgan fingerprint density at radius 3 is 2.70 bits per heavy atom. The van der Waals surface area contributed by atoms with E-state index < -0.39 is 5.60 Å². The summed E-state index contributed by atoms with van der Waals surface area (Å²) in [5.41, 5.74) is 1.09. The van der Waals surface area contributed by atoms with Crippen LogP contribution in [0.4, 0.5) is 0 Å². The molecular formula is C19H19ClN4O2S. The van der Waals surface area contributed by atoms with E-state index in [4.69, 9.17) is 16.3 Å². The molecule has 0 bridgehead atoms. The first-order valence-electron chi connectivity index (χ1n) is 8.30. The van der Waals surface area contributed by atoms with Gasteiger partial charge >= 0.3 is 5.97 Å². The van der Waals surface area contributed by atoms with E-state index in [9.17, 15) is 4.79 Å². The number of nitrogens with zero attached hydrogens (tertiary/aromatic N) is 4. The number of rotatable bonds is 5. The highest BCUT2D eigenvalue weighted by Gasteiger charge is 2.20. The van der Waals surface area contributed by atoms with Crippen LogP contribution in [0.1, 0.15) is 20.8 Å². The molecule has 0 N–H and O–H groups in total. The van der Waals surface area contributed by atoms with Crippen molar-refractivity contribution in [2.45, 2.75) is 31.5 Å². The first-order chi connectivity index (χ1) is 12.8. The van der Waals surface area contributed by atoms with Crippen molar-refractivity contribution >= 4 is 29.3 Å². The number of ether oxygens (including phenoxy) is 1. The number of aromatic nitrogens is 4. The molecule has 8 heteroatoms. The zero-order valence-electron chi connectivity index (χ0n) is 15.2. The Kier molecular flexibility index (Phi) is 5.82. The SMILES string of the molecule is CC(C)(C)OC(=O)CSc1nnc(-c2cccnc2)n1-c1cccc(Cl)c1. The predicted octanol–water partition coefficient (Wildman–Crippen LogP) is 4.42. The smallest absolute Gasteiger partial charge is 0.316 e. The molecule has 0 amide bonds. The van der Waals surface area contributed by atoms with Crippen LogP contribution in [0.15, 0.2) is 53.9 Å². The number of halogens is 1. The Labute approximate surface area is 166 Å². The molecule has 0 radical (unpaired) electrons. The van der Waals surface area contributed by atoms with Gasteiger partial charge in [-0.1, -0.05) is 29.4 Å². The van der Waals surface area contributed by atoms with Crippen LogP contribution in [0.2, 0.25) is 5.02 Å². The summed E-state index contributed by atoms with van der Waals surface area (Å²) in [7, 11) is 0. The molecule has 0 spiro atoms. The first kappa shape index (κ1) is 19.4. The summed E-state index contributed by atoms with van der Waals surface area (Å²) in [6.45, 7) is 5.51. The zero-order chi connectivity index (χ0) is 19.4. The third-order valence-corrected chi connectivity index (χ3v) is 4.50. The number of esters is 1. The molecule has 140 valence electrons. The summed E-state index contributed by atoms with van der Waals surface area (Å²) in [4.78, 5) is 16.2. The topological polar surface area (TPSA) is 69.9 Å². The summed E-state index contributed by atoms with van der Waals surface area (Å²) < 4.78 is 7.23. The average Bonchev–Trinajstić information content (AvgIpc) is 3.03. The number of carbonyl (C=O) groups is 1. The molecule has 0 fully saturated rings.